The Kier molecular flexibility index (Phi) is 9.43. The van der Waals surface area contributed by atoms with Crippen LogP contribution in [0.3, 0.4) is 0 Å². The minimum Gasteiger partial charge on any atom is -0.383 e. The summed E-state index contributed by atoms with van der Waals surface area (Å²) in [7, 11) is 0. The molecule has 11 rings (SSSR count). The number of hydrogen-bond acceptors (Lipinski definition) is 1. The van der Waals surface area contributed by atoms with E-state index in [2.05, 4.69) is 202 Å². The number of hydrogen-bond donors (Lipinski definition) is 1. The molecule has 0 amide bonds. The van der Waals surface area contributed by atoms with Crippen LogP contribution in [0.4, 0.5) is 0 Å². The van der Waals surface area contributed by atoms with Crippen LogP contribution in [-0.4, -0.2) is 5.84 Å². The zero-order chi connectivity index (χ0) is 42.5. The Morgan fingerprint density at radius 3 is 1.87 bits per heavy atom. The van der Waals surface area contributed by atoms with Crippen LogP contribution in [0.2, 0.25) is 0 Å². The second kappa shape index (κ2) is 15.6. The van der Waals surface area contributed by atoms with Crippen molar-refractivity contribution in [2.45, 2.75) is 25.7 Å². The molecule has 63 heavy (non-hydrogen) atoms. The van der Waals surface area contributed by atoms with Crippen LogP contribution < -0.4 is 5.73 Å². The van der Waals surface area contributed by atoms with E-state index in [0.717, 1.165) is 22.4 Å². The lowest BCUT2D eigenvalue weighted by Gasteiger charge is -2.24. The van der Waals surface area contributed by atoms with E-state index in [1.165, 1.54) is 88.0 Å². The summed E-state index contributed by atoms with van der Waals surface area (Å²) in [5, 5.41) is 7.44. The van der Waals surface area contributed by atoms with E-state index in [1.54, 1.807) is 0 Å². The molecule has 10 aromatic carbocycles. The Bertz CT molecular complexity index is 3430. The van der Waals surface area contributed by atoms with Gasteiger partial charge in [0.25, 0.3) is 0 Å². The molecule has 0 bridgehead atoms. The molecule has 10 aromatic rings. The van der Waals surface area contributed by atoms with Gasteiger partial charge in [0.2, 0.25) is 0 Å². The molecule has 0 heterocycles. The molecule has 0 aromatic heterocycles. The first kappa shape index (κ1) is 38.1. The Balaban J connectivity index is 1.02. The SMILES string of the molecule is CC1(C)c2ccccc2-c2cccc(-c3cccc(C/C=C(\N=C(N)c4ccccc4)c4ccc(-c5c6ccccc6c(-c6ccccc6)c6ccc7ccccc7c56)cc4)c3)c21. The van der Waals surface area contributed by atoms with Gasteiger partial charge in [-0.25, -0.2) is 4.99 Å². The maximum atomic E-state index is 6.79. The molecule has 0 unspecified atom stereocenters. The quantitative estimate of drug-likeness (QED) is 0.0706. The van der Waals surface area contributed by atoms with E-state index >= 15 is 0 Å². The number of allylic oxidation sites excluding steroid dienone is 1. The molecule has 0 saturated heterocycles. The van der Waals surface area contributed by atoms with E-state index in [0.29, 0.717) is 12.3 Å². The lowest BCUT2D eigenvalue weighted by atomic mass is 9.78. The summed E-state index contributed by atoms with van der Waals surface area (Å²) < 4.78 is 0. The van der Waals surface area contributed by atoms with Crippen LogP contribution in [0, 0.1) is 0 Å². The average molecular weight is 807 g/mol. The standard InChI is InChI=1S/C61H46N2/c1-61(2)54-30-14-13-25-49(54)52-29-16-28-48(59(52)61)46-23-15-17-40(39-46)31-38-55(63-60(62)45-21-7-4-8-22-45)42-32-34-44(35-33-42)57-51-27-12-11-26-50(51)56(43-19-5-3-6-20-43)53-37-36-41-18-9-10-24-47(41)58(53)57/h3-30,32-39H,31H2,1-2H3,(H2,62,63)/b55-38-. The fourth-order valence-corrected chi connectivity index (χ4v) is 10.2. The van der Waals surface area contributed by atoms with Crippen LogP contribution >= 0.6 is 0 Å². The van der Waals surface area contributed by atoms with Crippen molar-refractivity contribution in [3.05, 3.63) is 246 Å². The maximum absolute atomic E-state index is 6.79. The summed E-state index contributed by atoms with van der Waals surface area (Å²) in [4.78, 5) is 5.15. The topological polar surface area (TPSA) is 38.4 Å². The van der Waals surface area contributed by atoms with Gasteiger partial charge in [0.15, 0.2) is 0 Å². The molecule has 2 heteroatoms. The highest BCUT2D eigenvalue weighted by Crippen LogP contribution is 2.52. The fraction of sp³-hybridized carbons (Fsp3) is 0.0656. The molecule has 0 saturated carbocycles. The van der Waals surface area contributed by atoms with Gasteiger partial charge in [0.1, 0.15) is 5.84 Å². The van der Waals surface area contributed by atoms with Crippen LogP contribution in [-0.2, 0) is 11.8 Å². The van der Waals surface area contributed by atoms with Crippen molar-refractivity contribution in [3.63, 3.8) is 0 Å². The second-order valence-corrected chi connectivity index (χ2v) is 17.2. The summed E-state index contributed by atoms with van der Waals surface area (Å²) in [6, 6.07) is 76.6. The van der Waals surface area contributed by atoms with Crippen molar-refractivity contribution in [3.8, 4) is 44.5 Å². The van der Waals surface area contributed by atoms with Crippen molar-refractivity contribution in [2.75, 3.05) is 0 Å². The summed E-state index contributed by atoms with van der Waals surface area (Å²) in [5.41, 5.74) is 23.5. The first-order chi connectivity index (χ1) is 30.9. The predicted molar refractivity (Wildman–Crippen MR) is 268 cm³/mol. The minimum absolute atomic E-state index is 0.100. The lowest BCUT2D eigenvalue weighted by molar-refractivity contribution is 0.662. The van der Waals surface area contributed by atoms with Gasteiger partial charge in [-0.15, -0.1) is 0 Å². The molecular weight excluding hydrogens is 761 g/mol. The third kappa shape index (κ3) is 6.63. The second-order valence-electron chi connectivity index (χ2n) is 17.2. The highest BCUT2D eigenvalue weighted by molar-refractivity contribution is 6.27. The Morgan fingerprint density at radius 1 is 0.476 bits per heavy atom. The first-order valence-corrected chi connectivity index (χ1v) is 21.9. The molecule has 2 nitrogen and oxygen atoms in total. The molecule has 0 fully saturated rings. The van der Waals surface area contributed by atoms with Crippen molar-refractivity contribution >= 4 is 43.9 Å². The zero-order valence-corrected chi connectivity index (χ0v) is 35.5. The van der Waals surface area contributed by atoms with Crippen molar-refractivity contribution < 1.29 is 0 Å². The van der Waals surface area contributed by atoms with Crippen LogP contribution in [0.15, 0.2) is 223 Å². The Hall–Kier alpha value is -7.81. The van der Waals surface area contributed by atoms with Crippen LogP contribution in [0.5, 0.6) is 0 Å². The number of nitrogens with two attached hydrogens (primary N) is 1. The van der Waals surface area contributed by atoms with Gasteiger partial charge in [-0.2, -0.15) is 0 Å². The monoisotopic (exact) mass is 806 g/mol. The van der Waals surface area contributed by atoms with Gasteiger partial charge in [-0.1, -0.05) is 232 Å². The zero-order valence-electron chi connectivity index (χ0n) is 35.5. The van der Waals surface area contributed by atoms with Crippen molar-refractivity contribution in [1.82, 2.24) is 0 Å². The Labute approximate surface area is 369 Å². The summed E-state index contributed by atoms with van der Waals surface area (Å²) in [5.74, 6) is 0.487. The smallest absolute Gasteiger partial charge is 0.131 e. The van der Waals surface area contributed by atoms with Crippen molar-refractivity contribution in [2.24, 2.45) is 10.7 Å². The van der Waals surface area contributed by atoms with Crippen LogP contribution in [0.1, 0.15) is 41.7 Å². The molecule has 0 atom stereocenters. The lowest BCUT2D eigenvalue weighted by Crippen LogP contribution is -2.16. The van der Waals surface area contributed by atoms with Crippen molar-refractivity contribution in [1.29, 1.82) is 0 Å². The molecule has 0 spiro atoms. The summed E-state index contributed by atoms with van der Waals surface area (Å²) in [6.45, 7) is 4.71. The average Bonchev–Trinajstić information content (AvgIpc) is 3.58. The Morgan fingerprint density at radius 2 is 1.08 bits per heavy atom. The highest BCUT2D eigenvalue weighted by Gasteiger charge is 2.37. The molecule has 1 aliphatic rings. The van der Waals surface area contributed by atoms with Gasteiger partial charge < -0.3 is 5.73 Å². The number of aliphatic imine (C=N–C) groups is 1. The normalized spacial score (nSPS) is 13.4. The first-order valence-electron chi connectivity index (χ1n) is 21.9. The minimum atomic E-state index is -0.100. The van der Waals surface area contributed by atoms with Gasteiger partial charge in [0.05, 0.1) is 5.70 Å². The largest absolute Gasteiger partial charge is 0.383 e. The van der Waals surface area contributed by atoms with Crippen LogP contribution in [0.25, 0.3) is 82.5 Å². The van der Waals surface area contributed by atoms with Gasteiger partial charge >= 0.3 is 0 Å². The van der Waals surface area contributed by atoms with Gasteiger partial charge in [-0.05, 0) is 105 Å². The van der Waals surface area contributed by atoms with Gasteiger partial charge in [-0.3, -0.25) is 0 Å². The molecule has 0 radical (unpaired) electrons. The molecule has 300 valence electrons. The van der Waals surface area contributed by atoms with E-state index in [4.69, 9.17) is 10.7 Å². The van der Waals surface area contributed by atoms with E-state index in [-0.39, 0.29) is 5.41 Å². The fourth-order valence-electron chi connectivity index (χ4n) is 10.2. The summed E-state index contributed by atoms with van der Waals surface area (Å²) >= 11 is 0. The number of nitrogens with zero attached hydrogens (tertiary/aromatic N) is 1. The molecule has 2 N–H and O–H groups in total. The van der Waals surface area contributed by atoms with E-state index < -0.39 is 0 Å². The number of rotatable bonds is 8. The van der Waals surface area contributed by atoms with E-state index in [1.807, 2.05) is 30.3 Å². The highest BCUT2D eigenvalue weighted by atomic mass is 14.9. The van der Waals surface area contributed by atoms with E-state index in [9.17, 15) is 0 Å². The maximum Gasteiger partial charge on any atom is 0.131 e. The molecule has 1 aliphatic carbocycles. The molecular formula is C61H46N2. The van der Waals surface area contributed by atoms with Gasteiger partial charge in [0, 0.05) is 11.0 Å². The predicted octanol–water partition coefficient (Wildman–Crippen LogP) is 15.4. The number of fused-ring (bicyclic) bond motifs is 7. The number of benzene rings is 10. The molecule has 0 aliphatic heterocycles. The summed E-state index contributed by atoms with van der Waals surface area (Å²) in [6.07, 6.45) is 2.92. The number of amidine groups is 1. The third-order valence-corrected chi connectivity index (χ3v) is 13.1. The third-order valence-electron chi connectivity index (χ3n) is 13.1.